The standard InChI is InChI=1S/C15H13Cl2NO3/c1-9(21-13-8-4-5-10(16)14(13)17)15(20)18-11-6-2-3-7-12(11)19/h2-9,19H,1H3,(H,18,20). The molecule has 0 saturated heterocycles. The number of benzene rings is 2. The summed E-state index contributed by atoms with van der Waals surface area (Å²) < 4.78 is 5.49. The quantitative estimate of drug-likeness (QED) is 0.832. The van der Waals surface area contributed by atoms with Crippen molar-refractivity contribution in [2.45, 2.75) is 13.0 Å². The molecule has 0 heterocycles. The first kappa shape index (κ1) is 15.5. The van der Waals surface area contributed by atoms with Crippen LogP contribution in [0.5, 0.6) is 11.5 Å². The van der Waals surface area contributed by atoms with Crippen LogP contribution in [0.4, 0.5) is 5.69 Å². The number of halogens is 2. The number of carbonyl (C=O) groups is 1. The van der Waals surface area contributed by atoms with Gasteiger partial charge in [-0.2, -0.15) is 0 Å². The first-order valence-corrected chi connectivity index (χ1v) is 6.94. The summed E-state index contributed by atoms with van der Waals surface area (Å²) in [5.41, 5.74) is 0.315. The summed E-state index contributed by atoms with van der Waals surface area (Å²) in [6.45, 7) is 1.58. The molecule has 0 spiro atoms. The van der Waals surface area contributed by atoms with E-state index in [9.17, 15) is 9.90 Å². The molecule has 0 aliphatic carbocycles. The van der Waals surface area contributed by atoms with Gasteiger partial charge in [0.05, 0.1) is 10.7 Å². The van der Waals surface area contributed by atoms with Gasteiger partial charge in [0, 0.05) is 0 Å². The number of nitrogens with one attached hydrogen (secondary N) is 1. The number of ether oxygens (including phenoxy) is 1. The lowest BCUT2D eigenvalue weighted by molar-refractivity contribution is -0.122. The molecule has 2 aromatic carbocycles. The van der Waals surface area contributed by atoms with Gasteiger partial charge in [0.2, 0.25) is 0 Å². The highest BCUT2D eigenvalue weighted by atomic mass is 35.5. The molecule has 1 amide bonds. The van der Waals surface area contributed by atoms with Crippen molar-refractivity contribution in [3.8, 4) is 11.5 Å². The molecule has 0 aromatic heterocycles. The molecule has 0 radical (unpaired) electrons. The van der Waals surface area contributed by atoms with Gasteiger partial charge in [0.25, 0.3) is 5.91 Å². The molecule has 0 aliphatic rings. The van der Waals surface area contributed by atoms with Crippen LogP contribution in [-0.4, -0.2) is 17.1 Å². The second-order valence-electron chi connectivity index (χ2n) is 4.32. The second kappa shape index (κ2) is 6.70. The molecule has 1 unspecified atom stereocenters. The lowest BCUT2D eigenvalue weighted by Gasteiger charge is -2.16. The smallest absolute Gasteiger partial charge is 0.265 e. The fourth-order valence-corrected chi connectivity index (χ4v) is 1.97. The largest absolute Gasteiger partial charge is 0.506 e. The minimum absolute atomic E-state index is 0.0150. The van der Waals surface area contributed by atoms with Gasteiger partial charge >= 0.3 is 0 Å². The molecule has 2 aromatic rings. The average molecular weight is 326 g/mol. The second-order valence-corrected chi connectivity index (χ2v) is 5.10. The van der Waals surface area contributed by atoms with Gasteiger partial charge in [-0.15, -0.1) is 0 Å². The molecule has 0 bridgehead atoms. The number of anilines is 1. The van der Waals surface area contributed by atoms with E-state index < -0.39 is 12.0 Å². The molecule has 2 N–H and O–H groups in total. The predicted octanol–water partition coefficient (Wildman–Crippen LogP) is 4.11. The number of amides is 1. The maximum absolute atomic E-state index is 12.0. The Morgan fingerprint density at radius 1 is 1.19 bits per heavy atom. The van der Waals surface area contributed by atoms with Crippen molar-refractivity contribution in [2.24, 2.45) is 0 Å². The molecular weight excluding hydrogens is 313 g/mol. The lowest BCUT2D eigenvalue weighted by atomic mass is 10.2. The van der Waals surface area contributed by atoms with Gasteiger partial charge in [-0.3, -0.25) is 4.79 Å². The summed E-state index contributed by atoms with van der Waals surface area (Å²) >= 11 is 11.9. The summed E-state index contributed by atoms with van der Waals surface area (Å²) in [7, 11) is 0. The molecule has 0 saturated carbocycles. The molecule has 0 aliphatic heterocycles. The van der Waals surface area contributed by atoms with Gasteiger partial charge in [0.1, 0.15) is 16.5 Å². The summed E-state index contributed by atoms with van der Waals surface area (Å²) in [6.07, 6.45) is -0.805. The van der Waals surface area contributed by atoms with E-state index in [0.717, 1.165) is 0 Å². The maximum atomic E-state index is 12.0. The van der Waals surface area contributed by atoms with Crippen LogP contribution in [0.3, 0.4) is 0 Å². The van der Waals surface area contributed by atoms with Crippen LogP contribution in [0.15, 0.2) is 42.5 Å². The van der Waals surface area contributed by atoms with Crippen molar-refractivity contribution in [1.82, 2.24) is 0 Å². The number of hydrogen-bond donors (Lipinski definition) is 2. The molecular formula is C15H13Cl2NO3. The molecule has 110 valence electrons. The van der Waals surface area contributed by atoms with Crippen molar-refractivity contribution >= 4 is 34.8 Å². The predicted molar refractivity (Wildman–Crippen MR) is 83.3 cm³/mol. The van der Waals surface area contributed by atoms with Crippen molar-refractivity contribution in [2.75, 3.05) is 5.32 Å². The number of phenolic OH excluding ortho intramolecular Hbond substituents is 1. The van der Waals surface area contributed by atoms with Gasteiger partial charge in [0.15, 0.2) is 6.10 Å². The Morgan fingerprint density at radius 2 is 1.90 bits per heavy atom. The van der Waals surface area contributed by atoms with Crippen LogP contribution in [0.2, 0.25) is 10.0 Å². The average Bonchev–Trinajstić information content (AvgIpc) is 2.46. The summed E-state index contributed by atoms with van der Waals surface area (Å²) in [5, 5.41) is 12.8. The molecule has 4 nitrogen and oxygen atoms in total. The SMILES string of the molecule is CC(Oc1cccc(Cl)c1Cl)C(=O)Nc1ccccc1O. The third-order valence-electron chi connectivity index (χ3n) is 2.75. The monoisotopic (exact) mass is 325 g/mol. The molecule has 2 rings (SSSR count). The van der Waals surface area contributed by atoms with E-state index in [1.165, 1.54) is 6.07 Å². The fraction of sp³-hybridized carbons (Fsp3) is 0.133. The third-order valence-corrected chi connectivity index (χ3v) is 3.55. The topological polar surface area (TPSA) is 58.6 Å². The Morgan fingerprint density at radius 3 is 2.62 bits per heavy atom. The number of carbonyl (C=O) groups excluding carboxylic acids is 1. The summed E-state index contributed by atoms with van der Waals surface area (Å²) in [4.78, 5) is 12.0. The van der Waals surface area contributed by atoms with Crippen LogP contribution in [-0.2, 0) is 4.79 Å². The molecule has 6 heteroatoms. The van der Waals surface area contributed by atoms with E-state index in [1.807, 2.05) is 0 Å². The number of aromatic hydroxyl groups is 1. The van der Waals surface area contributed by atoms with Gasteiger partial charge in [-0.05, 0) is 31.2 Å². The lowest BCUT2D eigenvalue weighted by Crippen LogP contribution is -2.30. The minimum Gasteiger partial charge on any atom is -0.506 e. The highest BCUT2D eigenvalue weighted by Crippen LogP contribution is 2.32. The first-order valence-electron chi connectivity index (χ1n) is 6.18. The minimum atomic E-state index is -0.805. The van der Waals surface area contributed by atoms with Gasteiger partial charge in [-0.1, -0.05) is 41.4 Å². The van der Waals surface area contributed by atoms with Crippen molar-refractivity contribution < 1.29 is 14.6 Å². The zero-order valence-electron chi connectivity index (χ0n) is 11.1. The zero-order valence-corrected chi connectivity index (χ0v) is 12.7. The van der Waals surface area contributed by atoms with Crippen molar-refractivity contribution in [3.63, 3.8) is 0 Å². The van der Waals surface area contributed by atoms with E-state index in [0.29, 0.717) is 16.5 Å². The Balaban J connectivity index is 2.06. The number of hydrogen-bond acceptors (Lipinski definition) is 3. The third kappa shape index (κ3) is 3.80. The highest BCUT2D eigenvalue weighted by Gasteiger charge is 2.18. The molecule has 0 fully saturated rings. The number of rotatable bonds is 4. The van der Waals surface area contributed by atoms with Crippen LogP contribution >= 0.6 is 23.2 Å². The number of phenols is 1. The van der Waals surface area contributed by atoms with E-state index >= 15 is 0 Å². The Bertz CT molecular complexity index is 661. The molecule has 21 heavy (non-hydrogen) atoms. The van der Waals surface area contributed by atoms with E-state index in [-0.39, 0.29) is 10.8 Å². The van der Waals surface area contributed by atoms with Crippen molar-refractivity contribution in [3.05, 3.63) is 52.5 Å². The maximum Gasteiger partial charge on any atom is 0.265 e. The van der Waals surface area contributed by atoms with Gasteiger partial charge in [-0.25, -0.2) is 0 Å². The van der Waals surface area contributed by atoms with E-state index in [1.54, 1.807) is 43.3 Å². The fourth-order valence-electron chi connectivity index (χ4n) is 1.63. The Labute approximate surface area is 132 Å². The summed E-state index contributed by atoms with van der Waals surface area (Å²) in [6, 6.07) is 11.4. The first-order chi connectivity index (χ1) is 9.99. The molecule has 1 atom stereocenters. The van der Waals surface area contributed by atoms with E-state index in [2.05, 4.69) is 5.32 Å². The zero-order chi connectivity index (χ0) is 15.4. The summed E-state index contributed by atoms with van der Waals surface area (Å²) in [5.74, 6) is -0.101. The van der Waals surface area contributed by atoms with Crippen LogP contribution in [0, 0.1) is 0 Å². The van der Waals surface area contributed by atoms with Crippen LogP contribution in [0.25, 0.3) is 0 Å². The van der Waals surface area contributed by atoms with Crippen LogP contribution in [0.1, 0.15) is 6.92 Å². The van der Waals surface area contributed by atoms with E-state index in [4.69, 9.17) is 27.9 Å². The number of para-hydroxylation sites is 2. The normalized spacial score (nSPS) is 11.8. The Hall–Kier alpha value is -1.91. The van der Waals surface area contributed by atoms with Gasteiger partial charge < -0.3 is 15.2 Å². The highest BCUT2D eigenvalue weighted by molar-refractivity contribution is 6.42. The van der Waals surface area contributed by atoms with Crippen LogP contribution < -0.4 is 10.1 Å². The van der Waals surface area contributed by atoms with Crippen molar-refractivity contribution in [1.29, 1.82) is 0 Å². The Kier molecular flexibility index (Phi) is 4.94.